The molecule has 2 aromatic rings. The van der Waals surface area contributed by atoms with Gasteiger partial charge in [0.15, 0.2) is 0 Å². The van der Waals surface area contributed by atoms with Crippen molar-refractivity contribution in [1.29, 1.82) is 0 Å². The van der Waals surface area contributed by atoms with E-state index in [4.69, 9.17) is 4.74 Å². The molecule has 28 heavy (non-hydrogen) atoms. The Kier molecular flexibility index (Phi) is 5.34. The van der Waals surface area contributed by atoms with Gasteiger partial charge in [-0.1, -0.05) is 30.3 Å². The van der Waals surface area contributed by atoms with E-state index in [2.05, 4.69) is 15.4 Å². The van der Waals surface area contributed by atoms with E-state index < -0.39 is 11.9 Å². The Labute approximate surface area is 162 Å². The fraction of sp³-hybridized carbons (Fsp3) is 0.526. The molecule has 2 aliphatic heterocycles. The lowest BCUT2D eigenvalue weighted by Crippen LogP contribution is -2.44. The van der Waals surface area contributed by atoms with Crippen LogP contribution in [0.15, 0.2) is 30.3 Å². The minimum Gasteiger partial charge on any atom is -0.481 e. The lowest BCUT2D eigenvalue weighted by molar-refractivity contribution is -0.146. The zero-order valence-electron chi connectivity index (χ0n) is 15.5. The van der Waals surface area contributed by atoms with E-state index in [1.54, 1.807) is 4.90 Å². The molecule has 0 saturated carbocycles. The highest BCUT2D eigenvalue weighted by Crippen LogP contribution is 2.33. The average molecular weight is 385 g/mol. The molecule has 148 valence electrons. The van der Waals surface area contributed by atoms with Crippen molar-refractivity contribution >= 4 is 11.9 Å². The number of carbonyl (C=O) groups is 2. The van der Waals surface area contributed by atoms with Crippen LogP contribution in [-0.4, -0.2) is 67.9 Å². The largest absolute Gasteiger partial charge is 0.481 e. The molecule has 2 aliphatic rings. The van der Waals surface area contributed by atoms with Crippen molar-refractivity contribution in [1.82, 2.24) is 25.1 Å². The number of hydrogen-bond donors (Lipinski definition) is 1. The van der Waals surface area contributed by atoms with Gasteiger partial charge in [-0.2, -0.15) is 4.80 Å². The molecule has 1 unspecified atom stereocenters. The summed E-state index contributed by atoms with van der Waals surface area (Å²) < 4.78 is 5.69. The first-order chi connectivity index (χ1) is 13.6. The van der Waals surface area contributed by atoms with Crippen molar-refractivity contribution in [2.24, 2.45) is 11.8 Å². The fourth-order valence-electron chi connectivity index (χ4n) is 4.05. The van der Waals surface area contributed by atoms with Gasteiger partial charge in [-0.3, -0.25) is 9.59 Å². The molecule has 1 N–H and O–H groups in total. The van der Waals surface area contributed by atoms with Crippen LogP contribution >= 0.6 is 0 Å². The third kappa shape index (κ3) is 3.89. The van der Waals surface area contributed by atoms with Gasteiger partial charge in [-0.15, -0.1) is 10.2 Å². The average Bonchev–Trinajstić information content (AvgIpc) is 3.38. The van der Waals surface area contributed by atoms with Crippen molar-refractivity contribution < 1.29 is 19.4 Å². The van der Waals surface area contributed by atoms with Gasteiger partial charge in [-0.05, 0) is 30.4 Å². The SMILES string of the molecule is O=C(O)C1CCO[C@H]1C1CCN(C(=O)Cn2nnc(-c3ccccc3)n2)CC1. The number of amides is 1. The van der Waals surface area contributed by atoms with Crippen LogP contribution in [0.4, 0.5) is 0 Å². The third-order valence-electron chi connectivity index (χ3n) is 5.57. The number of carboxylic acid groups (broad SMARTS) is 1. The smallest absolute Gasteiger partial charge is 0.309 e. The van der Waals surface area contributed by atoms with E-state index in [1.165, 1.54) is 4.80 Å². The van der Waals surface area contributed by atoms with E-state index >= 15 is 0 Å². The van der Waals surface area contributed by atoms with Crippen LogP contribution < -0.4 is 0 Å². The van der Waals surface area contributed by atoms with Crippen molar-refractivity contribution in [2.45, 2.75) is 31.9 Å². The number of aliphatic carboxylic acids is 1. The normalized spacial score (nSPS) is 23.1. The third-order valence-corrected chi connectivity index (χ3v) is 5.57. The van der Waals surface area contributed by atoms with E-state index in [0.29, 0.717) is 31.9 Å². The van der Waals surface area contributed by atoms with E-state index in [0.717, 1.165) is 18.4 Å². The number of likely N-dealkylation sites (tertiary alicyclic amines) is 1. The van der Waals surface area contributed by atoms with Gasteiger partial charge >= 0.3 is 5.97 Å². The first-order valence-electron chi connectivity index (χ1n) is 9.57. The molecule has 9 nitrogen and oxygen atoms in total. The first-order valence-corrected chi connectivity index (χ1v) is 9.57. The highest BCUT2D eigenvalue weighted by molar-refractivity contribution is 5.76. The second-order valence-electron chi connectivity index (χ2n) is 7.30. The second-order valence-corrected chi connectivity index (χ2v) is 7.30. The Balaban J connectivity index is 1.31. The second kappa shape index (κ2) is 8.05. The predicted octanol–water partition coefficient (Wildman–Crippen LogP) is 1.07. The molecular formula is C19H23N5O4. The molecule has 2 fully saturated rings. The Morgan fingerprint density at radius 3 is 2.61 bits per heavy atom. The minimum atomic E-state index is -0.785. The summed E-state index contributed by atoms with van der Waals surface area (Å²) in [6, 6.07) is 9.49. The standard InChI is InChI=1S/C19H23N5O4/c25-16(12-24-21-18(20-22-24)14-4-2-1-3-5-14)23-9-6-13(7-10-23)17-15(19(26)27)8-11-28-17/h1-5,13,15,17H,6-12H2,(H,26,27)/t15?,17-/m0/s1. The number of hydrogen-bond acceptors (Lipinski definition) is 6. The summed E-state index contributed by atoms with van der Waals surface area (Å²) in [5.74, 6) is -0.597. The van der Waals surface area contributed by atoms with Gasteiger partial charge in [0, 0.05) is 25.3 Å². The summed E-state index contributed by atoms with van der Waals surface area (Å²) in [5, 5.41) is 21.6. The van der Waals surface area contributed by atoms with E-state index in [1.807, 2.05) is 30.3 Å². The molecule has 3 heterocycles. The molecule has 2 saturated heterocycles. The van der Waals surface area contributed by atoms with Crippen molar-refractivity contribution in [2.75, 3.05) is 19.7 Å². The van der Waals surface area contributed by atoms with Crippen molar-refractivity contribution in [3.63, 3.8) is 0 Å². The maximum atomic E-state index is 12.6. The molecule has 4 rings (SSSR count). The summed E-state index contributed by atoms with van der Waals surface area (Å²) in [6.07, 6.45) is 1.83. The number of nitrogens with zero attached hydrogens (tertiary/aromatic N) is 5. The number of carbonyl (C=O) groups excluding carboxylic acids is 1. The molecule has 2 atom stereocenters. The number of carboxylic acids is 1. The van der Waals surface area contributed by atoms with Crippen molar-refractivity contribution in [3.8, 4) is 11.4 Å². The monoisotopic (exact) mass is 385 g/mol. The summed E-state index contributed by atoms with van der Waals surface area (Å²) in [4.78, 5) is 27.1. The van der Waals surface area contributed by atoms with Gasteiger partial charge in [-0.25, -0.2) is 0 Å². The summed E-state index contributed by atoms with van der Waals surface area (Å²) in [7, 11) is 0. The molecule has 0 aliphatic carbocycles. The van der Waals surface area contributed by atoms with Crippen LogP contribution in [0.2, 0.25) is 0 Å². The molecule has 1 aromatic carbocycles. The van der Waals surface area contributed by atoms with Crippen molar-refractivity contribution in [3.05, 3.63) is 30.3 Å². The topological polar surface area (TPSA) is 110 Å². The Hall–Kier alpha value is -2.81. The maximum absolute atomic E-state index is 12.6. The first kappa shape index (κ1) is 18.5. The molecule has 0 spiro atoms. The zero-order chi connectivity index (χ0) is 19.5. The number of benzene rings is 1. The van der Waals surface area contributed by atoms with E-state index in [9.17, 15) is 14.7 Å². The highest BCUT2D eigenvalue weighted by Gasteiger charge is 2.40. The minimum absolute atomic E-state index is 0.0438. The van der Waals surface area contributed by atoms with E-state index in [-0.39, 0.29) is 24.5 Å². The number of aromatic nitrogens is 4. The summed E-state index contributed by atoms with van der Waals surface area (Å²) >= 11 is 0. The Bertz CT molecular complexity index is 832. The molecule has 1 amide bonds. The Morgan fingerprint density at radius 2 is 1.89 bits per heavy atom. The van der Waals surface area contributed by atoms with Crippen LogP contribution in [0.1, 0.15) is 19.3 Å². The zero-order valence-corrected chi connectivity index (χ0v) is 15.5. The summed E-state index contributed by atoms with van der Waals surface area (Å²) in [6.45, 7) is 1.73. The summed E-state index contributed by atoms with van der Waals surface area (Å²) in [5.41, 5.74) is 0.853. The van der Waals surface area contributed by atoms with Gasteiger partial charge in [0.2, 0.25) is 11.7 Å². The number of piperidine rings is 1. The van der Waals surface area contributed by atoms with Crippen LogP contribution in [0.25, 0.3) is 11.4 Å². The maximum Gasteiger partial charge on any atom is 0.309 e. The highest BCUT2D eigenvalue weighted by atomic mass is 16.5. The Morgan fingerprint density at radius 1 is 1.14 bits per heavy atom. The molecular weight excluding hydrogens is 362 g/mol. The molecule has 9 heteroatoms. The van der Waals surface area contributed by atoms with Crippen LogP contribution in [0.3, 0.4) is 0 Å². The molecule has 0 radical (unpaired) electrons. The molecule has 0 bridgehead atoms. The number of tetrazole rings is 1. The van der Waals surface area contributed by atoms with Gasteiger partial charge in [0.1, 0.15) is 6.54 Å². The fourth-order valence-corrected chi connectivity index (χ4v) is 4.05. The lowest BCUT2D eigenvalue weighted by atomic mass is 9.84. The predicted molar refractivity (Wildman–Crippen MR) is 98.0 cm³/mol. The lowest BCUT2D eigenvalue weighted by Gasteiger charge is -2.35. The van der Waals surface area contributed by atoms with Crippen LogP contribution in [0, 0.1) is 11.8 Å². The number of rotatable bonds is 5. The quantitative estimate of drug-likeness (QED) is 0.819. The van der Waals surface area contributed by atoms with Gasteiger partial charge in [0.25, 0.3) is 0 Å². The molecule has 1 aromatic heterocycles. The van der Waals surface area contributed by atoms with Crippen LogP contribution in [-0.2, 0) is 20.9 Å². The number of ether oxygens (including phenoxy) is 1. The van der Waals surface area contributed by atoms with Gasteiger partial charge in [0.05, 0.1) is 12.0 Å². The van der Waals surface area contributed by atoms with Crippen LogP contribution in [0.5, 0.6) is 0 Å². The van der Waals surface area contributed by atoms with Gasteiger partial charge < -0.3 is 14.7 Å².